The van der Waals surface area contributed by atoms with E-state index in [1.165, 1.54) is 0 Å². The molecule has 0 aromatic rings. The molecule has 1 saturated heterocycles. The standard InChI is InChI=1S/C13H22N2O3/c1-12(2)6-7-15(9-12)11(18)14-13(4-3-5-13)8-10(16)17/h3-9H2,1-2H3,(H,14,18)(H,16,17). The number of aliphatic carboxylic acids is 1. The van der Waals surface area contributed by atoms with Crippen molar-refractivity contribution in [2.45, 2.75) is 51.5 Å². The van der Waals surface area contributed by atoms with Gasteiger partial charge in [0.15, 0.2) is 0 Å². The first-order chi connectivity index (χ1) is 8.32. The molecule has 0 aromatic carbocycles. The van der Waals surface area contributed by atoms with Gasteiger partial charge in [-0.15, -0.1) is 0 Å². The van der Waals surface area contributed by atoms with Crippen molar-refractivity contribution >= 4 is 12.0 Å². The highest BCUT2D eigenvalue weighted by molar-refractivity contribution is 5.77. The van der Waals surface area contributed by atoms with Crippen molar-refractivity contribution in [3.05, 3.63) is 0 Å². The van der Waals surface area contributed by atoms with E-state index in [0.717, 1.165) is 38.8 Å². The number of carboxylic acids is 1. The van der Waals surface area contributed by atoms with E-state index < -0.39 is 11.5 Å². The summed E-state index contributed by atoms with van der Waals surface area (Å²) in [5.74, 6) is -0.836. The van der Waals surface area contributed by atoms with Gasteiger partial charge in [-0.2, -0.15) is 0 Å². The van der Waals surface area contributed by atoms with Gasteiger partial charge in [-0.25, -0.2) is 4.79 Å². The minimum absolute atomic E-state index is 0.0377. The predicted octanol–water partition coefficient (Wildman–Crippen LogP) is 1.83. The van der Waals surface area contributed by atoms with E-state index in [-0.39, 0.29) is 17.9 Å². The van der Waals surface area contributed by atoms with E-state index in [9.17, 15) is 9.59 Å². The van der Waals surface area contributed by atoms with Gasteiger partial charge >= 0.3 is 12.0 Å². The Morgan fingerprint density at radius 2 is 1.94 bits per heavy atom. The number of carbonyl (C=O) groups is 2. The van der Waals surface area contributed by atoms with Gasteiger partial charge in [-0.05, 0) is 31.1 Å². The molecular formula is C13H22N2O3. The Kier molecular flexibility index (Phi) is 3.25. The lowest BCUT2D eigenvalue weighted by Crippen LogP contribution is -2.57. The molecule has 5 nitrogen and oxygen atoms in total. The highest BCUT2D eigenvalue weighted by atomic mass is 16.4. The zero-order chi connectivity index (χ0) is 13.4. The maximum absolute atomic E-state index is 12.1. The van der Waals surface area contributed by atoms with Gasteiger partial charge in [-0.1, -0.05) is 13.8 Å². The second kappa shape index (κ2) is 4.44. The number of hydrogen-bond acceptors (Lipinski definition) is 2. The SMILES string of the molecule is CC1(C)CCN(C(=O)NC2(CC(=O)O)CCC2)C1. The number of nitrogens with zero attached hydrogens (tertiary/aromatic N) is 1. The van der Waals surface area contributed by atoms with Crippen LogP contribution in [0.15, 0.2) is 0 Å². The number of carboxylic acid groups (broad SMARTS) is 1. The summed E-state index contributed by atoms with van der Waals surface area (Å²) in [6, 6.07) is -0.0958. The summed E-state index contributed by atoms with van der Waals surface area (Å²) < 4.78 is 0. The average Bonchev–Trinajstić information content (AvgIpc) is 2.54. The molecule has 5 heteroatoms. The lowest BCUT2D eigenvalue weighted by molar-refractivity contribution is -0.139. The van der Waals surface area contributed by atoms with Gasteiger partial charge in [0, 0.05) is 13.1 Å². The number of nitrogens with one attached hydrogen (secondary N) is 1. The maximum Gasteiger partial charge on any atom is 0.317 e. The molecule has 0 aromatic heterocycles. The zero-order valence-electron chi connectivity index (χ0n) is 11.2. The van der Waals surface area contributed by atoms with Crippen molar-refractivity contribution in [2.24, 2.45) is 5.41 Å². The lowest BCUT2D eigenvalue weighted by Gasteiger charge is -2.42. The van der Waals surface area contributed by atoms with Crippen molar-refractivity contribution in [1.82, 2.24) is 10.2 Å². The van der Waals surface area contributed by atoms with Crippen molar-refractivity contribution in [2.75, 3.05) is 13.1 Å². The van der Waals surface area contributed by atoms with Gasteiger partial charge in [0.25, 0.3) is 0 Å². The summed E-state index contributed by atoms with van der Waals surface area (Å²) in [6.07, 6.45) is 3.60. The Balaban J connectivity index is 1.92. The van der Waals surface area contributed by atoms with Crippen LogP contribution in [0.2, 0.25) is 0 Å². The number of hydrogen-bond donors (Lipinski definition) is 2. The van der Waals surface area contributed by atoms with E-state index in [1.54, 1.807) is 0 Å². The number of urea groups is 1. The summed E-state index contributed by atoms with van der Waals surface area (Å²) in [6.45, 7) is 5.82. The first-order valence-electron chi connectivity index (χ1n) is 6.61. The van der Waals surface area contributed by atoms with E-state index >= 15 is 0 Å². The van der Waals surface area contributed by atoms with Crippen LogP contribution in [0.4, 0.5) is 4.79 Å². The number of amides is 2. The fourth-order valence-electron chi connectivity index (χ4n) is 2.83. The summed E-state index contributed by atoms with van der Waals surface area (Å²) in [5.41, 5.74) is -0.313. The highest BCUT2D eigenvalue weighted by Gasteiger charge is 2.42. The van der Waals surface area contributed by atoms with E-state index in [1.807, 2.05) is 4.90 Å². The molecule has 2 rings (SSSR count). The third-order valence-corrected chi connectivity index (χ3v) is 4.14. The molecule has 2 amide bonds. The molecule has 1 heterocycles. The fraction of sp³-hybridized carbons (Fsp3) is 0.846. The minimum Gasteiger partial charge on any atom is -0.481 e. The molecule has 1 aliphatic heterocycles. The van der Waals surface area contributed by atoms with E-state index in [2.05, 4.69) is 19.2 Å². The molecule has 1 saturated carbocycles. The third kappa shape index (κ3) is 2.76. The van der Waals surface area contributed by atoms with Crippen LogP contribution < -0.4 is 5.32 Å². The average molecular weight is 254 g/mol. The topological polar surface area (TPSA) is 69.6 Å². The second-order valence-electron chi connectivity index (χ2n) is 6.47. The van der Waals surface area contributed by atoms with Crippen LogP contribution in [0.25, 0.3) is 0 Å². The van der Waals surface area contributed by atoms with Gasteiger partial charge < -0.3 is 15.3 Å². The predicted molar refractivity (Wildman–Crippen MR) is 67.3 cm³/mol. The number of rotatable bonds is 3. The van der Waals surface area contributed by atoms with Gasteiger partial charge in [0.05, 0.1) is 12.0 Å². The van der Waals surface area contributed by atoms with Gasteiger partial charge in [-0.3, -0.25) is 4.79 Å². The van der Waals surface area contributed by atoms with Gasteiger partial charge in [0.2, 0.25) is 0 Å². The summed E-state index contributed by atoms with van der Waals surface area (Å²) in [4.78, 5) is 24.8. The molecule has 0 unspecified atom stereocenters. The zero-order valence-corrected chi connectivity index (χ0v) is 11.2. The van der Waals surface area contributed by atoms with Crippen LogP contribution in [0, 0.1) is 5.41 Å². The molecule has 0 bridgehead atoms. The van der Waals surface area contributed by atoms with E-state index in [0.29, 0.717) is 0 Å². The molecule has 0 atom stereocenters. The lowest BCUT2D eigenvalue weighted by atomic mass is 9.74. The molecular weight excluding hydrogens is 232 g/mol. The summed E-state index contributed by atoms with van der Waals surface area (Å²) in [5, 5.41) is 11.9. The molecule has 0 radical (unpaired) electrons. The maximum atomic E-state index is 12.1. The number of carbonyl (C=O) groups excluding carboxylic acids is 1. The van der Waals surface area contributed by atoms with Crippen LogP contribution in [-0.2, 0) is 4.79 Å². The van der Waals surface area contributed by atoms with Crippen molar-refractivity contribution in [3.8, 4) is 0 Å². The minimum atomic E-state index is -0.836. The fourth-order valence-corrected chi connectivity index (χ4v) is 2.83. The van der Waals surface area contributed by atoms with E-state index in [4.69, 9.17) is 5.11 Å². The quantitative estimate of drug-likeness (QED) is 0.807. The summed E-state index contributed by atoms with van der Waals surface area (Å²) in [7, 11) is 0. The molecule has 2 aliphatic rings. The molecule has 0 spiro atoms. The monoisotopic (exact) mass is 254 g/mol. The Labute approximate surface area is 108 Å². The first-order valence-corrected chi connectivity index (χ1v) is 6.61. The Bertz CT molecular complexity index is 361. The van der Waals surface area contributed by atoms with Crippen molar-refractivity contribution < 1.29 is 14.7 Å². The Morgan fingerprint density at radius 1 is 1.28 bits per heavy atom. The third-order valence-electron chi connectivity index (χ3n) is 4.14. The van der Waals surface area contributed by atoms with Crippen molar-refractivity contribution in [1.29, 1.82) is 0 Å². The van der Waals surface area contributed by atoms with Crippen LogP contribution in [0.5, 0.6) is 0 Å². The molecule has 2 N–H and O–H groups in total. The molecule has 102 valence electrons. The van der Waals surface area contributed by atoms with Crippen molar-refractivity contribution in [3.63, 3.8) is 0 Å². The number of likely N-dealkylation sites (tertiary alicyclic amines) is 1. The largest absolute Gasteiger partial charge is 0.481 e. The smallest absolute Gasteiger partial charge is 0.317 e. The Morgan fingerprint density at radius 3 is 2.33 bits per heavy atom. The normalized spacial score (nSPS) is 24.4. The molecule has 18 heavy (non-hydrogen) atoms. The first kappa shape index (κ1) is 13.2. The summed E-state index contributed by atoms with van der Waals surface area (Å²) >= 11 is 0. The van der Waals surface area contributed by atoms with Crippen LogP contribution in [0.3, 0.4) is 0 Å². The Hall–Kier alpha value is -1.26. The second-order valence-corrected chi connectivity index (χ2v) is 6.47. The molecule has 2 fully saturated rings. The highest BCUT2D eigenvalue weighted by Crippen LogP contribution is 2.36. The van der Waals surface area contributed by atoms with Crippen LogP contribution >= 0.6 is 0 Å². The van der Waals surface area contributed by atoms with Crippen LogP contribution in [0.1, 0.15) is 46.0 Å². The van der Waals surface area contributed by atoms with Gasteiger partial charge in [0.1, 0.15) is 0 Å². The van der Waals surface area contributed by atoms with Crippen LogP contribution in [-0.4, -0.2) is 40.6 Å². The molecule has 1 aliphatic carbocycles.